The highest BCUT2D eigenvalue weighted by atomic mass is 32.2. The summed E-state index contributed by atoms with van der Waals surface area (Å²) in [7, 11) is 0. The number of nitrogens with one attached hydrogen (secondary N) is 1. The normalized spacial score (nSPS) is 30.7. The molecular formula is C27H34N2O2S. The predicted octanol–water partition coefficient (Wildman–Crippen LogP) is 5.30. The molecule has 170 valence electrons. The van der Waals surface area contributed by atoms with Gasteiger partial charge in [0.05, 0.1) is 0 Å². The highest BCUT2D eigenvalue weighted by Crippen LogP contribution is 2.57. The first-order valence-corrected chi connectivity index (χ1v) is 12.7. The second-order valence-corrected chi connectivity index (χ2v) is 11.5. The van der Waals surface area contributed by atoms with Gasteiger partial charge >= 0.3 is 0 Å². The van der Waals surface area contributed by atoms with Gasteiger partial charge in [0.15, 0.2) is 0 Å². The van der Waals surface area contributed by atoms with Gasteiger partial charge < -0.3 is 10.0 Å². The molecule has 32 heavy (non-hydrogen) atoms. The van der Waals surface area contributed by atoms with Gasteiger partial charge in [-0.15, -0.1) is 0 Å². The van der Waals surface area contributed by atoms with Crippen molar-refractivity contribution in [3.8, 4) is 5.75 Å². The summed E-state index contributed by atoms with van der Waals surface area (Å²) in [6.07, 6.45) is 4.58. The number of likely N-dealkylation sites (tertiary alicyclic amines) is 1. The lowest BCUT2D eigenvalue weighted by molar-refractivity contribution is -0.148. The van der Waals surface area contributed by atoms with E-state index >= 15 is 0 Å². The van der Waals surface area contributed by atoms with Crippen molar-refractivity contribution in [2.24, 2.45) is 11.3 Å². The smallest absolute Gasteiger partial charge is 0.226 e. The lowest BCUT2D eigenvalue weighted by atomic mass is 9.51. The Morgan fingerprint density at radius 3 is 2.66 bits per heavy atom. The summed E-state index contributed by atoms with van der Waals surface area (Å²) in [6.45, 7) is 7.78. The number of aromatic hydroxyl groups is 1. The molecule has 4 nitrogen and oxygen atoms in total. The predicted molar refractivity (Wildman–Crippen MR) is 130 cm³/mol. The van der Waals surface area contributed by atoms with Crippen molar-refractivity contribution in [3.63, 3.8) is 0 Å². The lowest BCUT2D eigenvalue weighted by Gasteiger charge is -2.61. The Bertz CT molecular complexity index is 1010. The van der Waals surface area contributed by atoms with E-state index in [1.54, 1.807) is 18.0 Å². The minimum Gasteiger partial charge on any atom is -0.508 e. The summed E-state index contributed by atoms with van der Waals surface area (Å²) >= 11 is 1.67. The van der Waals surface area contributed by atoms with Gasteiger partial charge in [0.25, 0.3) is 0 Å². The average molecular weight is 451 g/mol. The summed E-state index contributed by atoms with van der Waals surface area (Å²) in [5.41, 5.74) is 2.24. The number of benzene rings is 2. The molecule has 2 N–H and O–H groups in total. The largest absolute Gasteiger partial charge is 0.508 e. The summed E-state index contributed by atoms with van der Waals surface area (Å²) in [6, 6.07) is 16.8. The van der Waals surface area contributed by atoms with Crippen LogP contribution in [0.2, 0.25) is 0 Å². The standard InChI is InChI=1S/C27H34N2O2S/c1-26(2)24-17-21-22(10-7-11-23(21)30)27(26,3)14-15-29(24)25(31)18-12-13-19(16-18)28-32-20-8-5-4-6-9-20/h4-11,18-19,24,28,30H,12-17H2,1-3H3/t18?,19-,24?,27+/m1/s1. The summed E-state index contributed by atoms with van der Waals surface area (Å²) < 4.78 is 3.58. The van der Waals surface area contributed by atoms with E-state index in [9.17, 15) is 9.90 Å². The fourth-order valence-corrected chi connectivity index (χ4v) is 7.19. The topological polar surface area (TPSA) is 52.6 Å². The minimum absolute atomic E-state index is 0.0349. The Balaban J connectivity index is 1.31. The van der Waals surface area contributed by atoms with Gasteiger partial charge in [-0.05, 0) is 78.8 Å². The van der Waals surface area contributed by atoms with Crippen LogP contribution in [0.25, 0.3) is 0 Å². The second-order valence-electron chi connectivity index (χ2n) is 10.6. The zero-order valence-corrected chi connectivity index (χ0v) is 20.1. The molecular weight excluding hydrogens is 416 g/mol. The molecule has 0 radical (unpaired) electrons. The lowest BCUT2D eigenvalue weighted by Crippen LogP contribution is -2.65. The number of phenols is 1. The summed E-state index contributed by atoms with van der Waals surface area (Å²) in [4.78, 5) is 17.1. The number of fused-ring (bicyclic) bond motifs is 4. The molecule has 2 fully saturated rings. The first-order chi connectivity index (χ1) is 15.3. The van der Waals surface area contributed by atoms with Gasteiger partial charge in [0.2, 0.25) is 5.91 Å². The third-order valence-corrected chi connectivity index (χ3v) is 9.74. The van der Waals surface area contributed by atoms with Gasteiger partial charge in [-0.1, -0.05) is 51.1 Å². The third-order valence-electron chi connectivity index (χ3n) is 8.78. The van der Waals surface area contributed by atoms with E-state index in [-0.39, 0.29) is 22.8 Å². The van der Waals surface area contributed by atoms with E-state index in [4.69, 9.17) is 0 Å². The number of hydrogen-bond acceptors (Lipinski definition) is 4. The van der Waals surface area contributed by atoms with Crippen molar-refractivity contribution >= 4 is 17.9 Å². The summed E-state index contributed by atoms with van der Waals surface area (Å²) in [5.74, 6) is 0.791. The van der Waals surface area contributed by atoms with Crippen molar-refractivity contribution < 1.29 is 9.90 Å². The molecule has 1 saturated heterocycles. The third kappa shape index (κ3) is 3.45. The first kappa shape index (κ1) is 21.8. The highest BCUT2D eigenvalue weighted by molar-refractivity contribution is 7.97. The molecule has 4 atom stereocenters. The van der Waals surface area contributed by atoms with Gasteiger partial charge in [0, 0.05) is 34.9 Å². The SMILES string of the molecule is CC1(C)C2Cc3c(O)cccc3[C@]1(C)CCN2C(=O)C1CC[C@@H](NSc2ccccc2)C1. The maximum Gasteiger partial charge on any atom is 0.226 e. The fourth-order valence-electron chi connectivity index (χ4n) is 6.38. The molecule has 3 aliphatic rings. The molecule has 2 aromatic carbocycles. The van der Waals surface area contributed by atoms with Crippen molar-refractivity contribution in [1.82, 2.24) is 9.62 Å². The van der Waals surface area contributed by atoms with Crippen molar-refractivity contribution in [3.05, 3.63) is 59.7 Å². The van der Waals surface area contributed by atoms with Crippen molar-refractivity contribution in [1.29, 1.82) is 0 Å². The van der Waals surface area contributed by atoms with Crippen LogP contribution >= 0.6 is 11.9 Å². The number of amides is 1. The Labute approximate surface area is 195 Å². The second kappa shape index (κ2) is 8.11. The van der Waals surface area contributed by atoms with E-state index in [0.717, 1.165) is 44.2 Å². The molecule has 2 bridgehead atoms. The molecule has 2 aliphatic carbocycles. The fraction of sp³-hybridized carbons (Fsp3) is 0.519. The van der Waals surface area contributed by atoms with Crippen LogP contribution in [0.3, 0.4) is 0 Å². The van der Waals surface area contributed by atoms with E-state index in [1.807, 2.05) is 12.1 Å². The molecule has 5 rings (SSSR count). The van der Waals surface area contributed by atoms with Crippen LogP contribution < -0.4 is 4.72 Å². The molecule has 1 heterocycles. The number of hydrogen-bond donors (Lipinski definition) is 2. The Morgan fingerprint density at radius 1 is 1.09 bits per heavy atom. The quantitative estimate of drug-likeness (QED) is 0.621. The number of piperidine rings is 1. The molecule has 1 saturated carbocycles. The minimum atomic E-state index is -0.0406. The monoisotopic (exact) mass is 450 g/mol. The van der Waals surface area contributed by atoms with E-state index in [1.165, 1.54) is 10.5 Å². The molecule has 2 aromatic rings. The number of carbonyl (C=O) groups is 1. The van der Waals surface area contributed by atoms with Crippen LogP contribution in [-0.4, -0.2) is 34.5 Å². The Kier molecular flexibility index (Phi) is 5.53. The number of rotatable bonds is 4. The molecule has 2 unspecified atom stereocenters. The number of carbonyl (C=O) groups excluding carboxylic acids is 1. The molecule has 1 amide bonds. The zero-order valence-electron chi connectivity index (χ0n) is 19.3. The van der Waals surface area contributed by atoms with Crippen LogP contribution in [0.5, 0.6) is 5.75 Å². The van der Waals surface area contributed by atoms with Gasteiger partial charge in [-0.2, -0.15) is 0 Å². The first-order valence-electron chi connectivity index (χ1n) is 11.9. The van der Waals surface area contributed by atoms with Gasteiger partial charge in [0.1, 0.15) is 5.75 Å². The number of phenolic OH excluding ortho intramolecular Hbond substituents is 1. The van der Waals surface area contributed by atoms with E-state index in [0.29, 0.717) is 17.7 Å². The van der Waals surface area contributed by atoms with Crippen LogP contribution in [0.1, 0.15) is 57.6 Å². The number of nitrogens with zero attached hydrogens (tertiary/aromatic N) is 1. The Hall–Kier alpha value is -1.98. The Morgan fingerprint density at radius 2 is 1.88 bits per heavy atom. The van der Waals surface area contributed by atoms with Crippen LogP contribution in [0.4, 0.5) is 0 Å². The average Bonchev–Trinajstić information content (AvgIpc) is 3.25. The van der Waals surface area contributed by atoms with Crippen LogP contribution in [-0.2, 0) is 16.6 Å². The van der Waals surface area contributed by atoms with Crippen molar-refractivity contribution in [2.75, 3.05) is 6.54 Å². The van der Waals surface area contributed by atoms with Crippen LogP contribution in [0.15, 0.2) is 53.4 Å². The highest BCUT2D eigenvalue weighted by Gasteiger charge is 2.57. The van der Waals surface area contributed by atoms with E-state index in [2.05, 4.69) is 60.7 Å². The molecule has 1 aliphatic heterocycles. The molecule has 5 heteroatoms. The maximum atomic E-state index is 13.7. The van der Waals surface area contributed by atoms with Gasteiger partial charge in [-0.3, -0.25) is 9.52 Å². The summed E-state index contributed by atoms with van der Waals surface area (Å²) in [5, 5.41) is 10.6. The molecule has 0 aromatic heterocycles. The van der Waals surface area contributed by atoms with Gasteiger partial charge in [-0.25, -0.2) is 0 Å². The van der Waals surface area contributed by atoms with Crippen molar-refractivity contribution in [2.45, 2.75) is 75.3 Å². The van der Waals surface area contributed by atoms with Crippen LogP contribution in [0, 0.1) is 11.3 Å². The zero-order chi connectivity index (χ0) is 22.5. The molecule has 0 spiro atoms. The maximum absolute atomic E-state index is 13.7. The van der Waals surface area contributed by atoms with E-state index < -0.39 is 0 Å².